The lowest BCUT2D eigenvalue weighted by molar-refractivity contribution is -0.138. The lowest BCUT2D eigenvalue weighted by Crippen LogP contribution is -2.39. The minimum Gasteiger partial charge on any atom is -0.480 e. The third-order valence-electron chi connectivity index (χ3n) is 1.55. The predicted molar refractivity (Wildman–Crippen MR) is 36.5 cm³/mol. The highest BCUT2D eigenvalue weighted by atomic mass is 79.9. The van der Waals surface area contributed by atoms with Gasteiger partial charge in [-0.15, -0.1) is 0 Å². The monoisotopic (exact) mass is 193 g/mol. The van der Waals surface area contributed by atoms with Gasteiger partial charge in [0.2, 0.25) is 0 Å². The number of alkyl halides is 1. The van der Waals surface area contributed by atoms with Gasteiger partial charge in [-0.05, 0) is 12.8 Å². The Hall–Kier alpha value is -0.0900. The number of rotatable bonds is 2. The first-order chi connectivity index (χ1) is 4.06. The van der Waals surface area contributed by atoms with Crippen LogP contribution < -0.4 is 5.73 Å². The van der Waals surface area contributed by atoms with Gasteiger partial charge in [-0.2, -0.15) is 0 Å². The minimum absolute atomic E-state index is 0.279. The number of aliphatic carboxylic acids is 1. The number of hydrogen-bond acceptors (Lipinski definition) is 2. The molecular formula is C5H8BrNO2. The molecule has 1 unspecified atom stereocenters. The Labute approximate surface area is 61.4 Å². The van der Waals surface area contributed by atoms with Crippen LogP contribution in [0, 0.1) is 0 Å². The van der Waals surface area contributed by atoms with Crippen LogP contribution in [-0.2, 0) is 4.79 Å². The van der Waals surface area contributed by atoms with E-state index in [0.29, 0.717) is 0 Å². The minimum atomic E-state index is -0.927. The summed E-state index contributed by atoms with van der Waals surface area (Å²) < 4.78 is -0.279. The molecule has 3 nitrogen and oxygen atoms in total. The van der Waals surface area contributed by atoms with Crippen molar-refractivity contribution < 1.29 is 9.90 Å². The molecule has 52 valence electrons. The number of carboxylic acid groups (broad SMARTS) is 1. The van der Waals surface area contributed by atoms with Gasteiger partial charge < -0.3 is 10.8 Å². The fraction of sp³-hybridized carbons (Fsp3) is 0.800. The van der Waals surface area contributed by atoms with Crippen LogP contribution in [0.1, 0.15) is 12.8 Å². The van der Waals surface area contributed by atoms with Crippen LogP contribution in [0.15, 0.2) is 0 Å². The summed E-state index contributed by atoms with van der Waals surface area (Å²) in [5.41, 5.74) is 5.31. The average molecular weight is 194 g/mol. The van der Waals surface area contributed by atoms with E-state index in [1.54, 1.807) is 0 Å². The smallest absolute Gasteiger partial charge is 0.321 e. The van der Waals surface area contributed by atoms with Crippen molar-refractivity contribution in [2.24, 2.45) is 5.73 Å². The highest BCUT2D eigenvalue weighted by Gasteiger charge is 2.48. The molecule has 9 heavy (non-hydrogen) atoms. The Bertz CT molecular complexity index is 144. The molecule has 0 spiro atoms. The SMILES string of the molecule is NC(C(=O)O)C1(Br)CC1. The first kappa shape index (κ1) is 7.02. The molecule has 4 heteroatoms. The molecule has 0 amide bonds. The standard InChI is InChI=1S/C5H8BrNO2/c6-5(1-2-5)3(7)4(8)9/h3H,1-2,7H2,(H,8,9). The molecule has 0 aromatic rings. The molecule has 0 aliphatic heterocycles. The van der Waals surface area contributed by atoms with Gasteiger partial charge in [0.15, 0.2) is 0 Å². The van der Waals surface area contributed by atoms with Crippen LogP contribution in [0.25, 0.3) is 0 Å². The molecule has 1 fully saturated rings. The largest absolute Gasteiger partial charge is 0.480 e. The maximum atomic E-state index is 10.2. The summed E-state index contributed by atoms with van der Waals surface area (Å²) >= 11 is 3.25. The van der Waals surface area contributed by atoms with Gasteiger partial charge >= 0.3 is 5.97 Å². The Kier molecular flexibility index (Phi) is 1.52. The first-order valence-corrected chi connectivity index (χ1v) is 3.53. The molecule has 1 aliphatic carbocycles. The van der Waals surface area contributed by atoms with Crippen molar-refractivity contribution in [2.45, 2.75) is 23.2 Å². The number of hydrogen-bond donors (Lipinski definition) is 2. The van der Waals surface area contributed by atoms with Crippen LogP contribution >= 0.6 is 15.9 Å². The van der Waals surface area contributed by atoms with Crippen LogP contribution in [0.2, 0.25) is 0 Å². The summed E-state index contributed by atoms with van der Waals surface area (Å²) in [4.78, 5) is 10.2. The molecule has 3 N–H and O–H groups in total. The third-order valence-corrected chi connectivity index (χ3v) is 2.84. The summed E-state index contributed by atoms with van der Waals surface area (Å²) in [5.74, 6) is -0.927. The molecule has 0 saturated heterocycles. The van der Waals surface area contributed by atoms with Crippen molar-refractivity contribution in [1.82, 2.24) is 0 Å². The first-order valence-electron chi connectivity index (χ1n) is 2.73. The number of carboxylic acids is 1. The lowest BCUT2D eigenvalue weighted by atomic mass is 10.2. The summed E-state index contributed by atoms with van der Waals surface area (Å²) in [7, 11) is 0. The molecule has 0 aromatic carbocycles. The van der Waals surface area contributed by atoms with E-state index in [1.165, 1.54) is 0 Å². The van der Waals surface area contributed by atoms with Gasteiger partial charge in [0.1, 0.15) is 6.04 Å². The van der Waals surface area contributed by atoms with Crippen LogP contribution in [0.3, 0.4) is 0 Å². The fourth-order valence-electron chi connectivity index (χ4n) is 0.652. The van der Waals surface area contributed by atoms with Gasteiger partial charge in [0.05, 0.1) is 4.32 Å². The van der Waals surface area contributed by atoms with E-state index in [1.807, 2.05) is 0 Å². The van der Waals surface area contributed by atoms with E-state index in [9.17, 15) is 4.79 Å². The molecule has 1 saturated carbocycles. The van der Waals surface area contributed by atoms with E-state index in [4.69, 9.17) is 10.8 Å². The second-order valence-electron chi connectivity index (χ2n) is 2.35. The normalized spacial score (nSPS) is 25.1. The summed E-state index contributed by atoms with van der Waals surface area (Å²) in [6, 6.07) is -0.738. The Balaban J connectivity index is 2.52. The Morgan fingerprint density at radius 1 is 1.78 bits per heavy atom. The second kappa shape index (κ2) is 1.95. The summed E-state index contributed by atoms with van der Waals surface area (Å²) in [6.45, 7) is 0. The van der Waals surface area contributed by atoms with Gasteiger partial charge in [-0.3, -0.25) is 4.79 Å². The van der Waals surface area contributed by atoms with E-state index in [-0.39, 0.29) is 4.32 Å². The van der Waals surface area contributed by atoms with E-state index < -0.39 is 12.0 Å². The molecule has 0 bridgehead atoms. The second-order valence-corrected chi connectivity index (χ2v) is 3.93. The number of nitrogens with two attached hydrogens (primary N) is 1. The zero-order valence-corrected chi connectivity index (χ0v) is 6.39. The van der Waals surface area contributed by atoms with Gasteiger partial charge in [-0.1, -0.05) is 15.9 Å². The summed E-state index contributed by atoms with van der Waals surface area (Å²) in [5, 5.41) is 8.40. The van der Waals surface area contributed by atoms with Crippen molar-refractivity contribution in [2.75, 3.05) is 0 Å². The fourth-order valence-corrected chi connectivity index (χ4v) is 1.05. The van der Waals surface area contributed by atoms with Crippen LogP contribution in [0.4, 0.5) is 0 Å². The van der Waals surface area contributed by atoms with Crippen LogP contribution in [0.5, 0.6) is 0 Å². The van der Waals surface area contributed by atoms with E-state index >= 15 is 0 Å². The van der Waals surface area contributed by atoms with Gasteiger partial charge in [0, 0.05) is 0 Å². The number of carbonyl (C=O) groups is 1. The maximum absolute atomic E-state index is 10.2. The summed E-state index contributed by atoms with van der Waals surface area (Å²) in [6.07, 6.45) is 1.75. The lowest BCUT2D eigenvalue weighted by Gasteiger charge is -2.10. The topological polar surface area (TPSA) is 63.3 Å². The Morgan fingerprint density at radius 2 is 2.22 bits per heavy atom. The molecule has 0 heterocycles. The maximum Gasteiger partial charge on any atom is 0.321 e. The molecule has 0 radical (unpaired) electrons. The third kappa shape index (κ3) is 1.24. The quantitative estimate of drug-likeness (QED) is 0.622. The van der Waals surface area contributed by atoms with E-state index in [2.05, 4.69) is 15.9 Å². The van der Waals surface area contributed by atoms with Crippen molar-refractivity contribution in [3.8, 4) is 0 Å². The zero-order chi connectivity index (χ0) is 7.07. The molecule has 1 rings (SSSR count). The average Bonchev–Trinajstić information content (AvgIpc) is 2.47. The van der Waals surface area contributed by atoms with Gasteiger partial charge in [0.25, 0.3) is 0 Å². The molecule has 1 atom stereocenters. The van der Waals surface area contributed by atoms with Crippen molar-refractivity contribution in [1.29, 1.82) is 0 Å². The number of halogens is 1. The van der Waals surface area contributed by atoms with Crippen molar-refractivity contribution >= 4 is 21.9 Å². The highest BCUT2D eigenvalue weighted by molar-refractivity contribution is 9.10. The van der Waals surface area contributed by atoms with E-state index in [0.717, 1.165) is 12.8 Å². The predicted octanol–water partition coefficient (Wildman–Crippen LogP) is 0.326. The van der Waals surface area contributed by atoms with Crippen molar-refractivity contribution in [3.05, 3.63) is 0 Å². The highest BCUT2D eigenvalue weighted by Crippen LogP contribution is 2.46. The van der Waals surface area contributed by atoms with Crippen molar-refractivity contribution in [3.63, 3.8) is 0 Å². The molecule has 0 aromatic heterocycles. The molecular weight excluding hydrogens is 186 g/mol. The molecule has 1 aliphatic rings. The zero-order valence-electron chi connectivity index (χ0n) is 4.80. The van der Waals surface area contributed by atoms with Crippen LogP contribution in [-0.4, -0.2) is 21.4 Å². The van der Waals surface area contributed by atoms with Gasteiger partial charge in [-0.25, -0.2) is 0 Å². The Morgan fingerprint density at radius 3 is 2.33 bits per heavy atom.